The molecule has 2 aromatic heterocycles. The van der Waals surface area contributed by atoms with Crippen molar-refractivity contribution in [1.29, 1.82) is 0 Å². The molecule has 7 atom stereocenters. The molecule has 0 radical (unpaired) electrons. The summed E-state index contributed by atoms with van der Waals surface area (Å²) in [5.41, 5.74) is -0.0156. The molecule has 6 N–H and O–H groups in total. The molecule has 20 nitrogen and oxygen atoms in total. The molecular formula is C18H25N7O13P2S+2. The van der Waals surface area contributed by atoms with Crippen LogP contribution in [-0.4, -0.2) is 100 Å². The highest BCUT2D eigenvalue weighted by atomic mass is 32.2. The number of hydrogen-bond donors (Lipinski definition) is 5. The van der Waals surface area contributed by atoms with Gasteiger partial charge < -0.3 is 20.3 Å². The second-order valence-corrected chi connectivity index (χ2v) is 11.7. The summed E-state index contributed by atoms with van der Waals surface area (Å²) < 4.78 is 64.8. The minimum absolute atomic E-state index is 0.00919. The van der Waals surface area contributed by atoms with E-state index in [2.05, 4.69) is 38.8 Å². The quantitative estimate of drug-likeness (QED) is 0.169. The number of urea groups is 1. The number of imidazole rings is 1. The van der Waals surface area contributed by atoms with Crippen molar-refractivity contribution in [1.82, 2.24) is 24.8 Å². The smallest absolute Gasteiger partial charge is 0.387 e. The molecule has 1 fully saturated rings. The monoisotopic (exact) mass is 641 g/mol. The first-order valence-electron chi connectivity index (χ1n) is 11.3. The molecule has 2 unspecified atom stereocenters. The average molecular weight is 641 g/mol. The molecule has 0 aromatic carbocycles. The summed E-state index contributed by atoms with van der Waals surface area (Å²) in [6.45, 7) is 1.57. The topological polar surface area (TPSA) is 291 Å². The van der Waals surface area contributed by atoms with Gasteiger partial charge in [-0.2, -0.15) is 8.42 Å². The Hall–Kier alpha value is -3.29. The molecule has 3 heterocycles. The van der Waals surface area contributed by atoms with Crippen LogP contribution in [0.3, 0.4) is 0 Å². The Kier molecular flexibility index (Phi) is 10.7. The molecule has 2 aromatic rings. The van der Waals surface area contributed by atoms with Crippen molar-refractivity contribution in [2.75, 3.05) is 25.3 Å². The van der Waals surface area contributed by atoms with E-state index in [9.17, 15) is 42.1 Å². The third-order valence-electron chi connectivity index (χ3n) is 5.27. The maximum Gasteiger partial charge on any atom is 0.555 e. The van der Waals surface area contributed by atoms with Crippen LogP contribution >= 0.6 is 16.1 Å². The van der Waals surface area contributed by atoms with E-state index >= 15 is 0 Å². The van der Waals surface area contributed by atoms with Crippen LogP contribution < -0.4 is 15.8 Å². The molecule has 0 saturated carbocycles. The van der Waals surface area contributed by atoms with Crippen LogP contribution in [0.25, 0.3) is 11.2 Å². The zero-order valence-corrected chi connectivity index (χ0v) is 23.8. The lowest BCUT2D eigenvalue weighted by Gasteiger charge is -2.16. The van der Waals surface area contributed by atoms with Gasteiger partial charge in [-0.25, -0.2) is 43.5 Å². The highest BCUT2D eigenvalue weighted by Crippen LogP contribution is 2.32. The molecule has 0 bridgehead atoms. The highest BCUT2D eigenvalue weighted by Gasteiger charge is 2.45. The number of nitrogens with one attached hydrogen (secondary N) is 2. The molecule has 0 aliphatic carbocycles. The van der Waals surface area contributed by atoms with E-state index in [-0.39, 0.29) is 23.4 Å². The maximum atomic E-state index is 12.7. The van der Waals surface area contributed by atoms with E-state index < -0.39 is 87.9 Å². The SMILES string of the molecule is C[P+](=O)OC(=O)CC[C@H](NC(=O)Nc1ncnc2c1ncn2[C@@H]1O[C@H](COS(N)(=O)=O)[C@@H](O)[C@H]1O)C(=O)O[P+](C)=O. The molecule has 1 aliphatic rings. The number of aliphatic hydroxyl groups excluding tert-OH is 2. The van der Waals surface area contributed by atoms with Crippen molar-refractivity contribution in [2.45, 2.75) is 43.4 Å². The van der Waals surface area contributed by atoms with Gasteiger partial charge in [0.25, 0.3) is 0 Å². The summed E-state index contributed by atoms with van der Waals surface area (Å²) in [7, 11) is -8.98. The molecule has 2 amide bonds. The number of fused-ring (bicyclic) bond motifs is 1. The Labute approximate surface area is 232 Å². The number of amides is 2. The van der Waals surface area contributed by atoms with Gasteiger partial charge >= 0.3 is 44.3 Å². The minimum atomic E-state index is -4.35. The molecule has 1 aliphatic heterocycles. The van der Waals surface area contributed by atoms with E-state index in [0.717, 1.165) is 26.0 Å². The first-order valence-corrected chi connectivity index (χ1v) is 16.1. The largest absolute Gasteiger partial charge is 0.555 e. The standard InChI is InChI=1S/C18H24N7O13P2S/c1-39(31)37-10(26)4-3-8(17(29)38-40(2)32)23-18(30)24-14-11-15(21-6-20-14)25(7-22-11)16-13(28)12(27)9(36-16)5-35-41(19,33)34/h6-9,12-13,16,27-28H,3-5H2,1-2H3,(H3-,19,20,21,23,24,30,33,34)/q+1/p+1/t8-,9+,12+,13+,16+/m0/s1. The predicted molar refractivity (Wildman–Crippen MR) is 135 cm³/mol. The fraction of sp³-hybridized carbons (Fsp3) is 0.556. The molecule has 23 heteroatoms. The molecule has 41 heavy (non-hydrogen) atoms. The van der Waals surface area contributed by atoms with Crippen LogP contribution in [0.5, 0.6) is 0 Å². The molecule has 3 rings (SSSR count). The van der Waals surface area contributed by atoms with Crippen molar-refractivity contribution >= 4 is 61.3 Å². The van der Waals surface area contributed by atoms with Crippen molar-refractivity contribution in [3.63, 3.8) is 0 Å². The Morgan fingerprint density at radius 3 is 2.46 bits per heavy atom. The van der Waals surface area contributed by atoms with Crippen molar-refractivity contribution < 1.29 is 60.1 Å². The predicted octanol–water partition coefficient (Wildman–Crippen LogP) is -1.23. The van der Waals surface area contributed by atoms with Crippen LogP contribution in [0, 0.1) is 0 Å². The number of carbonyl (C=O) groups is 3. The highest BCUT2D eigenvalue weighted by molar-refractivity contribution is 7.84. The molecule has 1 saturated heterocycles. The Balaban J connectivity index is 1.75. The number of ether oxygens (including phenoxy) is 1. The summed E-state index contributed by atoms with van der Waals surface area (Å²) in [6, 6.07) is -2.48. The molecule has 224 valence electrons. The molecular weight excluding hydrogens is 616 g/mol. The van der Waals surface area contributed by atoms with Gasteiger partial charge in [0.15, 0.2) is 36.5 Å². The van der Waals surface area contributed by atoms with Gasteiger partial charge in [-0.3, -0.25) is 14.1 Å². The first kappa shape index (κ1) is 32.2. The van der Waals surface area contributed by atoms with E-state index in [1.54, 1.807) is 0 Å². The summed E-state index contributed by atoms with van der Waals surface area (Å²) >= 11 is 0. The number of aromatic nitrogens is 4. The fourth-order valence-corrected chi connectivity index (χ4v) is 4.66. The van der Waals surface area contributed by atoms with Gasteiger partial charge in [0, 0.05) is 0 Å². The number of nitrogens with two attached hydrogens (primary N) is 1. The van der Waals surface area contributed by atoms with Crippen LogP contribution in [0.4, 0.5) is 10.6 Å². The third-order valence-corrected chi connectivity index (χ3v) is 6.64. The third kappa shape index (κ3) is 8.85. The number of rotatable bonds is 12. The number of hydrogen-bond acceptors (Lipinski definition) is 16. The fourth-order valence-electron chi connectivity index (χ4n) is 3.58. The zero-order valence-electron chi connectivity index (χ0n) is 21.2. The lowest BCUT2D eigenvalue weighted by atomic mass is 10.1. The number of anilines is 1. The first-order chi connectivity index (χ1) is 19.2. The lowest BCUT2D eigenvalue weighted by molar-refractivity contribution is -0.137. The lowest BCUT2D eigenvalue weighted by Crippen LogP contribution is -2.43. The van der Waals surface area contributed by atoms with Crippen LogP contribution in [0.1, 0.15) is 19.1 Å². The zero-order chi connectivity index (χ0) is 30.5. The Morgan fingerprint density at radius 1 is 1.15 bits per heavy atom. The van der Waals surface area contributed by atoms with E-state index in [1.165, 1.54) is 4.57 Å². The van der Waals surface area contributed by atoms with E-state index in [4.69, 9.17) is 9.88 Å². The summed E-state index contributed by atoms with van der Waals surface area (Å²) in [6.07, 6.45) is -4.37. The van der Waals surface area contributed by atoms with Crippen LogP contribution in [0.15, 0.2) is 12.7 Å². The van der Waals surface area contributed by atoms with Crippen LogP contribution in [-0.2, 0) is 47.0 Å². The van der Waals surface area contributed by atoms with Gasteiger partial charge in [0.2, 0.25) is 0 Å². The van der Waals surface area contributed by atoms with Gasteiger partial charge in [0.1, 0.15) is 30.7 Å². The minimum Gasteiger partial charge on any atom is -0.387 e. The van der Waals surface area contributed by atoms with Crippen molar-refractivity contribution in [3.05, 3.63) is 12.7 Å². The second kappa shape index (κ2) is 13.6. The second-order valence-electron chi connectivity index (χ2n) is 8.31. The number of nitrogens with zero attached hydrogens (tertiary/aromatic N) is 4. The average Bonchev–Trinajstić information content (AvgIpc) is 3.40. The summed E-state index contributed by atoms with van der Waals surface area (Å²) in [5, 5.41) is 30.1. The van der Waals surface area contributed by atoms with Crippen molar-refractivity contribution in [2.24, 2.45) is 5.14 Å². The number of aliphatic hydroxyl groups is 2. The van der Waals surface area contributed by atoms with E-state index in [0.29, 0.717) is 0 Å². The van der Waals surface area contributed by atoms with Crippen LogP contribution in [0.2, 0.25) is 0 Å². The van der Waals surface area contributed by atoms with Gasteiger partial charge in [-0.1, -0.05) is 0 Å². The normalized spacial score (nSPS) is 22.1. The number of carbonyl (C=O) groups excluding carboxylic acids is 3. The van der Waals surface area contributed by atoms with Gasteiger partial charge in [-0.05, 0) is 15.6 Å². The van der Waals surface area contributed by atoms with Gasteiger partial charge in [0.05, 0.1) is 19.4 Å². The summed E-state index contributed by atoms with van der Waals surface area (Å²) in [5.74, 6) is -2.19. The maximum absolute atomic E-state index is 12.7. The molecule has 0 spiro atoms. The Bertz CT molecular complexity index is 1460. The summed E-state index contributed by atoms with van der Waals surface area (Å²) in [4.78, 5) is 48.8. The van der Waals surface area contributed by atoms with Crippen molar-refractivity contribution in [3.8, 4) is 0 Å². The Morgan fingerprint density at radius 2 is 1.83 bits per heavy atom. The van der Waals surface area contributed by atoms with Gasteiger partial charge in [-0.15, -0.1) is 0 Å². The van der Waals surface area contributed by atoms with E-state index in [1.807, 2.05) is 0 Å².